The molecule has 0 bridgehead atoms. The third-order valence-electron chi connectivity index (χ3n) is 2.75. The maximum Gasteiger partial charge on any atom is 0.417 e. The smallest absolute Gasteiger partial charge is 0.207 e. The fourth-order valence-electron chi connectivity index (χ4n) is 1.93. The van der Waals surface area contributed by atoms with Gasteiger partial charge in [-0.05, 0) is 24.5 Å². The van der Waals surface area contributed by atoms with Crippen LogP contribution < -0.4 is 4.72 Å². The van der Waals surface area contributed by atoms with Crippen molar-refractivity contribution in [2.24, 2.45) is 5.92 Å². The normalized spacial score (nSPS) is 14.4. The summed E-state index contributed by atoms with van der Waals surface area (Å²) < 4.78 is 65.5. The Balaban J connectivity index is 3.14. The average Bonchev–Trinajstić information content (AvgIpc) is 2.36. The Kier molecular flexibility index (Phi) is 6.24. The number of sulfonamides is 1. The van der Waals surface area contributed by atoms with Gasteiger partial charge in [0.15, 0.2) is 0 Å². The summed E-state index contributed by atoms with van der Waals surface area (Å²) >= 11 is 3.18. The van der Waals surface area contributed by atoms with Crippen LogP contribution in [-0.2, 0) is 16.2 Å². The number of hydrogen-bond acceptors (Lipinski definition) is 2. The molecule has 3 nitrogen and oxygen atoms in total. The van der Waals surface area contributed by atoms with Crippen molar-refractivity contribution in [2.45, 2.75) is 37.4 Å². The molecule has 1 unspecified atom stereocenters. The standard InChI is InChI=1S/C13H17BrF3NO2S/c1-9(2)7-10(8-14)18-21(19,20)12-6-4-3-5-11(12)13(15,16)17/h3-6,9-10,18H,7-8H2,1-2H3. The van der Waals surface area contributed by atoms with Gasteiger partial charge >= 0.3 is 6.18 Å². The van der Waals surface area contributed by atoms with Crippen molar-refractivity contribution in [3.63, 3.8) is 0 Å². The fraction of sp³-hybridized carbons (Fsp3) is 0.538. The summed E-state index contributed by atoms with van der Waals surface area (Å²) in [6, 6.07) is 3.70. The first-order chi connectivity index (χ1) is 9.58. The maximum atomic E-state index is 12.9. The molecule has 1 aromatic rings. The largest absolute Gasteiger partial charge is 0.417 e. The number of rotatable bonds is 6. The molecule has 0 amide bonds. The van der Waals surface area contributed by atoms with Crippen LogP contribution in [0.1, 0.15) is 25.8 Å². The van der Waals surface area contributed by atoms with Crippen LogP contribution in [0.25, 0.3) is 0 Å². The lowest BCUT2D eigenvalue weighted by Gasteiger charge is -2.20. The van der Waals surface area contributed by atoms with Gasteiger partial charge in [0.2, 0.25) is 10.0 Å². The second-order valence-corrected chi connectivity index (χ2v) is 7.43. The highest BCUT2D eigenvalue weighted by Gasteiger charge is 2.37. The number of nitrogens with one attached hydrogen (secondary N) is 1. The molecule has 0 heterocycles. The van der Waals surface area contributed by atoms with Gasteiger partial charge in [-0.3, -0.25) is 0 Å². The molecule has 1 rings (SSSR count). The van der Waals surface area contributed by atoms with E-state index in [1.807, 2.05) is 13.8 Å². The van der Waals surface area contributed by atoms with E-state index in [0.717, 1.165) is 18.2 Å². The number of halogens is 4. The molecule has 0 aliphatic heterocycles. The Morgan fingerprint density at radius 2 is 1.81 bits per heavy atom. The van der Waals surface area contributed by atoms with Gasteiger partial charge in [0.05, 0.1) is 10.5 Å². The second kappa shape index (κ2) is 7.11. The first-order valence-electron chi connectivity index (χ1n) is 6.32. The molecule has 0 spiro atoms. The van der Waals surface area contributed by atoms with Crippen LogP contribution in [0.15, 0.2) is 29.2 Å². The summed E-state index contributed by atoms with van der Waals surface area (Å²) in [5.74, 6) is 0.216. The summed E-state index contributed by atoms with van der Waals surface area (Å²) in [6.45, 7) is 3.82. The number of alkyl halides is 4. The molecule has 8 heteroatoms. The maximum absolute atomic E-state index is 12.9. The lowest BCUT2D eigenvalue weighted by Crippen LogP contribution is -2.37. The minimum Gasteiger partial charge on any atom is -0.207 e. The van der Waals surface area contributed by atoms with Crippen LogP contribution in [0.3, 0.4) is 0 Å². The van der Waals surface area contributed by atoms with E-state index in [2.05, 4.69) is 20.7 Å². The molecule has 0 aromatic heterocycles. The molecular formula is C13H17BrF3NO2S. The topological polar surface area (TPSA) is 46.2 Å². The van der Waals surface area contributed by atoms with Gasteiger partial charge in [-0.25, -0.2) is 13.1 Å². The third-order valence-corrected chi connectivity index (χ3v) is 5.11. The van der Waals surface area contributed by atoms with Gasteiger partial charge in [0, 0.05) is 11.4 Å². The van der Waals surface area contributed by atoms with E-state index in [-0.39, 0.29) is 5.92 Å². The number of hydrogen-bond donors (Lipinski definition) is 1. The minimum absolute atomic E-state index is 0.216. The van der Waals surface area contributed by atoms with Crippen molar-refractivity contribution in [1.82, 2.24) is 4.72 Å². The lowest BCUT2D eigenvalue weighted by atomic mass is 10.1. The van der Waals surface area contributed by atoms with Crippen LogP contribution in [0.2, 0.25) is 0 Å². The van der Waals surface area contributed by atoms with Gasteiger partial charge in [-0.2, -0.15) is 13.2 Å². The average molecular weight is 388 g/mol. The Hall–Kier alpha value is -0.600. The Morgan fingerprint density at radius 3 is 2.29 bits per heavy atom. The molecule has 1 aromatic carbocycles. The third kappa shape index (κ3) is 5.27. The van der Waals surface area contributed by atoms with E-state index < -0.39 is 32.7 Å². The van der Waals surface area contributed by atoms with Crippen molar-refractivity contribution in [3.05, 3.63) is 29.8 Å². The summed E-state index contributed by atoms with van der Waals surface area (Å²) in [4.78, 5) is -0.743. The van der Waals surface area contributed by atoms with Crippen LogP contribution >= 0.6 is 15.9 Å². The van der Waals surface area contributed by atoms with E-state index in [1.165, 1.54) is 6.07 Å². The van der Waals surface area contributed by atoms with Crippen molar-refractivity contribution >= 4 is 26.0 Å². The van der Waals surface area contributed by atoms with E-state index in [1.54, 1.807) is 0 Å². The quantitative estimate of drug-likeness (QED) is 0.754. The Morgan fingerprint density at radius 1 is 1.24 bits per heavy atom. The number of benzene rings is 1. The van der Waals surface area contributed by atoms with Crippen molar-refractivity contribution < 1.29 is 21.6 Å². The summed E-state index contributed by atoms with van der Waals surface area (Å²) in [7, 11) is -4.23. The van der Waals surface area contributed by atoms with Crippen molar-refractivity contribution in [3.8, 4) is 0 Å². The van der Waals surface area contributed by atoms with Crippen LogP contribution in [0, 0.1) is 5.92 Å². The molecule has 1 atom stereocenters. The van der Waals surface area contributed by atoms with E-state index in [0.29, 0.717) is 11.8 Å². The molecule has 0 saturated heterocycles. The Bertz CT molecular complexity index is 573. The monoisotopic (exact) mass is 387 g/mol. The molecular weight excluding hydrogens is 371 g/mol. The fourth-order valence-corrected chi connectivity index (χ4v) is 4.05. The summed E-state index contributed by atoms with van der Waals surface area (Å²) in [5.41, 5.74) is -1.16. The SMILES string of the molecule is CC(C)CC(CBr)NS(=O)(=O)c1ccccc1C(F)(F)F. The molecule has 0 radical (unpaired) electrons. The van der Waals surface area contributed by atoms with Gasteiger partial charge in [0.25, 0.3) is 0 Å². The first kappa shape index (κ1) is 18.4. The first-order valence-corrected chi connectivity index (χ1v) is 8.93. The van der Waals surface area contributed by atoms with Crippen LogP contribution in [-0.4, -0.2) is 19.8 Å². The highest BCUT2D eigenvalue weighted by atomic mass is 79.9. The van der Waals surface area contributed by atoms with Gasteiger partial charge < -0.3 is 0 Å². The van der Waals surface area contributed by atoms with Crippen molar-refractivity contribution in [2.75, 3.05) is 5.33 Å². The predicted octanol–water partition coefficient (Wildman–Crippen LogP) is 3.79. The minimum atomic E-state index is -4.71. The second-order valence-electron chi connectivity index (χ2n) is 5.10. The molecule has 0 aliphatic rings. The molecule has 0 fully saturated rings. The van der Waals surface area contributed by atoms with Crippen LogP contribution in [0.4, 0.5) is 13.2 Å². The molecule has 21 heavy (non-hydrogen) atoms. The molecule has 120 valence electrons. The van der Waals surface area contributed by atoms with E-state index in [4.69, 9.17) is 0 Å². The van der Waals surface area contributed by atoms with E-state index in [9.17, 15) is 21.6 Å². The predicted molar refractivity (Wildman–Crippen MR) is 78.8 cm³/mol. The molecule has 0 aliphatic carbocycles. The Labute approximate surface area is 131 Å². The zero-order valence-electron chi connectivity index (χ0n) is 11.6. The van der Waals surface area contributed by atoms with Crippen molar-refractivity contribution in [1.29, 1.82) is 0 Å². The van der Waals surface area contributed by atoms with Crippen LogP contribution in [0.5, 0.6) is 0 Å². The zero-order chi connectivity index (χ0) is 16.3. The van der Waals surface area contributed by atoms with Gasteiger partial charge in [-0.15, -0.1) is 0 Å². The van der Waals surface area contributed by atoms with Gasteiger partial charge in [-0.1, -0.05) is 41.9 Å². The van der Waals surface area contributed by atoms with Gasteiger partial charge in [0.1, 0.15) is 0 Å². The highest BCUT2D eigenvalue weighted by Crippen LogP contribution is 2.34. The van der Waals surface area contributed by atoms with E-state index >= 15 is 0 Å². The zero-order valence-corrected chi connectivity index (χ0v) is 14.0. The molecule has 1 N–H and O–H groups in total. The highest BCUT2D eigenvalue weighted by molar-refractivity contribution is 9.09. The summed E-state index contributed by atoms with van der Waals surface area (Å²) in [6.07, 6.45) is -4.19. The lowest BCUT2D eigenvalue weighted by molar-refractivity contribution is -0.139. The molecule has 0 saturated carbocycles. The summed E-state index contributed by atoms with van der Waals surface area (Å²) in [5, 5.41) is 0.332.